The van der Waals surface area contributed by atoms with Gasteiger partial charge in [-0.25, -0.2) is 0 Å². The maximum Gasteiger partial charge on any atom is 0.115 e. The molecule has 0 saturated heterocycles. The van der Waals surface area contributed by atoms with E-state index in [1.165, 1.54) is 56.9 Å². The molecule has 0 aliphatic heterocycles. The Morgan fingerprint density at radius 3 is 2.11 bits per heavy atom. The van der Waals surface area contributed by atoms with E-state index < -0.39 is 0 Å². The third kappa shape index (κ3) is 3.62. The molecule has 3 aliphatic rings. The van der Waals surface area contributed by atoms with Gasteiger partial charge in [0.1, 0.15) is 5.75 Å². The van der Waals surface area contributed by atoms with E-state index in [0.717, 1.165) is 18.8 Å². The lowest BCUT2D eigenvalue weighted by Crippen LogP contribution is -2.44. The molecule has 0 spiro atoms. The van der Waals surface area contributed by atoms with E-state index in [1.807, 2.05) is 12.1 Å². The first kappa shape index (κ1) is 20.3. The predicted molar refractivity (Wildman–Crippen MR) is 115 cm³/mol. The van der Waals surface area contributed by atoms with Crippen molar-refractivity contribution < 1.29 is 10.2 Å². The minimum atomic E-state index is -0.151. The largest absolute Gasteiger partial charge is 0.508 e. The fourth-order valence-corrected chi connectivity index (χ4v) is 7.83. The van der Waals surface area contributed by atoms with E-state index in [4.69, 9.17) is 0 Å². The molecule has 3 saturated carbocycles. The first-order valence-electron chi connectivity index (χ1n) is 11.8. The highest BCUT2D eigenvalue weighted by molar-refractivity contribution is 5.34. The second-order valence-corrected chi connectivity index (χ2v) is 11.2. The fourth-order valence-electron chi connectivity index (χ4n) is 7.83. The topological polar surface area (TPSA) is 40.5 Å². The van der Waals surface area contributed by atoms with Gasteiger partial charge in [-0.15, -0.1) is 0 Å². The molecule has 28 heavy (non-hydrogen) atoms. The Morgan fingerprint density at radius 2 is 1.46 bits per heavy atom. The SMILES string of the molecule is CC1(C)CC(C)(c2ccc(O)cc2)C2CC(O)CC(C3CCCCCCC3)C21. The van der Waals surface area contributed by atoms with E-state index in [-0.39, 0.29) is 11.5 Å². The van der Waals surface area contributed by atoms with Crippen LogP contribution in [-0.2, 0) is 5.41 Å². The van der Waals surface area contributed by atoms with Crippen molar-refractivity contribution in [2.45, 2.75) is 96.5 Å². The molecule has 5 unspecified atom stereocenters. The average molecular weight is 385 g/mol. The molecular weight excluding hydrogens is 344 g/mol. The molecule has 2 heteroatoms. The molecule has 4 rings (SSSR count). The van der Waals surface area contributed by atoms with Crippen LogP contribution < -0.4 is 0 Å². The lowest BCUT2D eigenvalue weighted by molar-refractivity contribution is -0.0308. The summed E-state index contributed by atoms with van der Waals surface area (Å²) in [5.74, 6) is 3.03. The maximum atomic E-state index is 10.9. The zero-order valence-electron chi connectivity index (χ0n) is 18.2. The van der Waals surface area contributed by atoms with Crippen LogP contribution in [0.5, 0.6) is 5.75 Å². The molecule has 0 amide bonds. The number of benzene rings is 1. The molecule has 3 aliphatic carbocycles. The number of rotatable bonds is 2. The van der Waals surface area contributed by atoms with Gasteiger partial charge in [-0.1, -0.05) is 77.8 Å². The van der Waals surface area contributed by atoms with Gasteiger partial charge in [0.15, 0.2) is 0 Å². The first-order valence-corrected chi connectivity index (χ1v) is 11.8. The van der Waals surface area contributed by atoms with Crippen molar-refractivity contribution in [3.63, 3.8) is 0 Å². The summed E-state index contributed by atoms with van der Waals surface area (Å²) in [6.45, 7) is 7.41. The molecule has 2 nitrogen and oxygen atoms in total. The Morgan fingerprint density at radius 1 is 0.857 bits per heavy atom. The van der Waals surface area contributed by atoms with Crippen LogP contribution in [0.2, 0.25) is 0 Å². The van der Waals surface area contributed by atoms with Gasteiger partial charge < -0.3 is 10.2 Å². The molecule has 1 aromatic carbocycles. The molecule has 3 fully saturated rings. The molecule has 0 aromatic heterocycles. The van der Waals surface area contributed by atoms with Gasteiger partial charge in [0, 0.05) is 0 Å². The highest BCUT2D eigenvalue weighted by Gasteiger charge is 2.60. The fraction of sp³-hybridized carbons (Fsp3) is 0.769. The zero-order valence-corrected chi connectivity index (χ0v) is 18.2. The van der Waals surface area contributed by atoms with Crippen LogP contribution in [0.3, 0.4) is 0 Å². The van der Waals surface area contributed by atoms with Crippen LogP contribution in [0.4, 0.5) is 0 Å². The Labute approximate surface area is 171 Å². The first-order chi connectivity index (χ1) is 13.3. The van der Waals surface area contributed by atoms with Crippen molar-refractivity contribution in [3.05, 3.63) is 29.8 Å². The van der Waals surface area contributed by atoms with Gasteiger partial charge in [0.2, 0.25) is 0 Å². The van der Waals surface area contributed by atoms with Crippen molar-refractivity contribution >= 4 is 0 Å². The summed E-state index contributed by atoms with van der Waals surface area (Å²) in [6, 6.07) is 7.93. The number of aliphatic hydroxyl groups excluding tert-OH is 1. The highest BCUT2D eigenvalue weighted by Crippen LogP contribution is 2.65. The van der Waals surface area contributed by atoms with E-state index in [2.05, 4.69) is 32.9 Å². The number of hydrogen-bond acceptors (Lipinski definition) is 2. The van der Waals surface area contributed by atoms with Gasteiger partial charge >= 0.3 is 0 Å². The Balaban J connectivity index is 1.68. The number of hydrogen-bond donors (Lipinski definition) is 2. The van der Waals surface area contributed by atoms with E-state index in [0.29, 0.717) is 28.9 Å². The zero-order chi connectivity index (χ0) is 19.9. The van der Waals surface area contributed by atoms with Crippen LogP contribution in [0.15, 0.2) is 24.3 Å². The van der Waals surface area contributed by atoms with Crippen LogP contribution in [0.1, 0.15) is 90.5 Å². The summed E-state index contributed by atoms with van der Waals surface area (Å²) < 4.78 is 0. The van der Waals surface area contributed by atoms with E-state index in [1.54, 1.807) is 0 Å². The van der Waals surface area contributed by atoms with E-state index >= 15 is 0 Å². The smallest absolute Gasteiger partial charge is 0.115 e. The van der Waals surface area contributed by atoms with Crippen molar-refractivity contribution in [1.82, 2.24) is 0 Å². The molecule has 1 aromatic rings. The summed E-state index contributed by atoms with van der Waals surface area (Å²) in [7, 11) is 0. The molecule has 2 N–H and O–H groups in total. The second-order valence-electron chi connectivity index (χ2n) is 11.2. The third-order valence-corrected chi connectivity index (χ3v) is 8.79. The Hall–Kier alpha value is -1.02. The lowest BCUT2D eigenvalue weighted by Gasteiger charge is -2.48. The maximum absolute atomic E-state index is 10.9. The van der Waals surface area contributed by atoms with Gasteiger partial charge in [-0.2, -0.15) is 0 Å². The van der Waals surface area contributed by atoms with Crippen LogP contribution in [-0.4, -0.2) is 16.3 Å². The van der Waals surface area contributed by atoms with Gasteiger partial charge in [-0.3, -0.25) is 0 Å². The monoisotopic (exact) mass is 384 g/mol. The molecule has 0 bridgehead atoms. The average Bonchev–Trinajstić information content (AvgIpc) is 2.81. The lowest BCUT2D eigenvalue weighted by atomic mass is 9.57. The summed E-state index contributed by atoms with van der Waals surface area (Å²) in [5, 5.41) is 20.7. The number of aromatic hydroxyl groups is 1. The molecule has 0 radical (unpaired) electrons. The van der Waals surface area contributed by atoms with Crippen molar-refractivity contribution in [3.8, 4) is 5.75 Å². The standard InChI is InChI=1S/C26H40O2/c1-25(2)17-26(3,19-11-13-20(27)14-12-19)23-16-21(28)15-22(24(23)25)18-9-7-5-4-6-8-10-18/h11-14,18,21-24,27-28H,4-10,15-17H2,1-3H3. The normalized spacial score (nSPS) is 39.1. The van der Waals surface area contributed by atoms with Crippen molar-refractivity contribution in [2.24, 2.45) is 29.1 Å². The number of phenolic OH excluding ortho intramolecular Hbond substituents is 1. The van der Waals surface area contributed by atoms with Crippen molar-refractivity contribution in [1.29, 1.82) is 0 Å². The summed E-state index contributed by atoms with van der Waals surface area (Å²) >= 11 is 0. The molecule has 156 valence electrons. The van der Waals surface area contributed by atoms with Gasteiger partial charge in [-0.05, 0) is 71.5 Å². The second kappa shape index (κ2) is 7.67. The van der Waals surface area contributed by atoms with Gasteiger partial charge in [0.25, 0.3) is 0 Å². The predicted octanol–water partition coefficient (Wildman–Crippen LogP) is 6.44. The van der Waals surface area contributed by atoms with Crippen LogP contribution >= 0.6 is 0 Å². The molecule has 0 heterocycles. The number of aliphatic hydroxyl groups is 1. The van der Waals surface area contributed by atoms with E-state index in [9.17, 15) is 10.2 Å². The van der Waals surface area contributed by atoms with Crippen LogP contribution in [0, 0.1) is 29.1 Å². The molecule has 5 atom stereocenters. The summed E-state index contributed by atoms with van der Waals surface area (Å²) in [5.41, 5.74) is 1.73. The summed E-state index contributed by atoms with van der Waals surface area (Å²) in [6.07, 6.45) is 12.7. The summed E-state index contributed by atoms with van der Waals surface area (Å²) in [4.78, 5) is 0. The molecular formula is C26H40O2. The van der Waals surface area contributed by atoms with Crippen LogP contribution in [0.25, 0.3) is 0 Å². The highest BCUT2D eigenvalue weighted by atomic mass is 16.3. The Bertz CT molecular complexity index is 656. The number of fused-ring (bicyclic) bond motifs is 1. The quantitative estimate of drug-likeness (QED) is 0.615. The minimum absolute atomic E-state index is 0.0864. The third-order valence-electron chi connectivity index (χ3n) is 8.79. The van der Waals surface area contributed by atoms with Crippen molar-refractivity contribution in [2.75, 3.05) is 0 Å². The minimum Gasteiger partial charge on any atom is -0.508 e. The number of phenols is 1. The Kier molecular flexibility index (Phi) is 5.55. The van der Waals surface area contributed by atoms with Gasteiger partial charge in [0.05, 0.1) is 6.10 Å².